The Morgan fingerprint density at radius 2 is 0.626 bits per heavy atom. The van der Waals surface area contributed by atoms with Crippen LogP contribution in [0.1, 0.15) is 361 Å². The molecule has 2 atom stereocenters. The first-order chi connectivity index (χ1) is 44.6. The molecule has 0 aliphatic rings. The second-order valence-corrected chi connectivity index (χ2v) is 27.3. The Morgan fingerprint density at radius 3 is 0.934 bits per heavy atom. The molecule has 0 fully saturated rings. The second kappa shape index (κ2) is 72.3. The van der Waals surface area contributed by atoms with E-state index in [2.05, 4.69) is 98.9 Å². The molecule has 0 saturated heterocycles. The molecule has 0 N–H and O–H groups in total. The molecule has 0 aromatic heterocycles. The van der Waals surface area contributed by atoms with E-state index in [0.29, 0.717) is 23.9 Å². The quantitative estimate of drug-likeness (QED) is 0.0195. The Labute approximate surface area is 563 Å². The van der Waals surface area contributed by atoms with Crippen LogP contribution >= 0.6 is 0 Å². The number of carboxylic acid groups (broad SMARTS) is 1. The van der Waals surface area contributed by atoms with Crippen molar-refractivity contribution in [2.24, 2.45) is 0 Å². The molecular weight excluding hydrogens is 1130 g/mol. The van der Waals surface area contributed by atoms with Gasteiger partial charge in [-0.05, 0) is 89.9 Å². The minimum Gasteiger partial charge on any atom is -0.545 e. The van der Waals surface area contributed by atoms with Crippen molar-refractivity contribution < 1.29 is 42.9 Å². The molecule has 528 valence electrons. The number of carbonyl (C=O) groups is 3. The average Bonchev–Trinajstić information content (AvgIpc) is 3.46. The number of likely N-dealkylation sites (N-methyl/N-ethyl adjacent to an activating group) is 1. The zero-order chi connectivity index (χ0) is 66.1. The topological polar surface area (TPSA) is 111 Å². The predicted octanol–water partition coefficient (Wildman–Crippen LogP) is 23.3. The molecule has 0 saturated carbocycles. The highest BCUT2D eigenvalue weighted by molar-refractivity contribution is 5.70. The summed E-state index contributed by atoms with van der Waals surface area (Å²) in [6, 6.07) is 0. The molecule has 9 nitrogen and oxygen atoms in total. The van der Waals surface area contributed by atoms with Gasteiger partial charge in [-0.15, -0.1) is 0 Å². The molecule has 0 amide bonds. The fourth-order valence-corrected chi connectivity index (χ4v) is 11.2. The maximum Gasteiger partial charge on any atom is 0.306 e. The van der Waals surface area contributed by atoms with Crippen molar-refractivity contribution in [3.05, 3.63) is 85.1 Å². The average molecular weight is 1280 g/mol. The maximum absolute atomic E-state index is 13.0. The number of unbranched alkanes of at least 4 members (excludes halogenated alkanes) is 43. The largest absolute Gasteiger partial charge is 0.545 e. The zero-order valence-corrected chi connectivity index (χ0v) is 60.5. The number of hydrogen-bond acceptors (Lipinski definition) is 8. The first-order valence-corrected chi connectivity index (χ1v) is 38.7. The van der Waals surface area contributed by atoms with Crippen molar-refractivity contribution >= 4 is 17.9 Å². The third-order valence-electron chi connectivity index (χ3n) is 17.1. The molecule has 0 aromatic rings. The monoisotopic (exact) mass is 1270 g/mol. The number of hydrogen-bond donors (Lipinski definition) is 0. The lowest BCUT2D eigenvalue weighted by atomic mass is 10.0. The molecule has 0 aliphatic heterocycles. The summed E-state index contributed by atoms with van der Waals surface area (Å²) < 4.78 is 22.9. The molecule has 0 aliphatic carbocycles. The number of rotatable bonds is 72. The number of carboxylic acids is 1. The van der Waals surface area contributed by atoms with E-state index in [-0.39, 0.29) is 32.2 Å². The molecule has 0 radical (unpaired) electrons. The van der Waals surface area contributed by atoms with Gasteiger partial charge in [0.25, 0.3) is 0 Å². The van der Waals surface area contributed by atoms with Gasteiger partial charge in [-0.1, -0.05) is 343 Å². The van der Waals surface area contributed by atoms with E-state index >= 15 is 0 Å². The number of esters is 2. The van der Waals surface area contributed by atoms with Crippen LogP contribution in [0.3, 0.4) is 0 Å². The SMILES string of the molecule is CC/C=C\C/C=C\C/C=C\C/C=C\CCCCCCCCCCCCCCCCCCCCCCCCCCCCC(=O)OC(COC(=O)CCCCCCCCCCCCCC/C=C\C/C=C\C/C=C\CCCCCCC)COC(OCC[N+](C)(C)C)C(=O)[O-]. The fraction of sp³-hybridized carbons (Fsp3) is 0.793. The van der Waals surface area contributed by atoms with Gasteiger partial charge in [-0.2, -0.15) is 0 Å². The fourth-order valence-electron chi connectivity index (χ4n) is 11.2. The van der Waals surface area contributed by atoms with Gasteiger partial charge in [-0.25, -0.2) is 0 Å². The smallest absolute Gasteiger partial charge is 0.306 e. The van der Waals surface area contributed by atoms with E-state index in [1.54, 1.807) is 0 Å². The van der Waals surface area contributed by atoms with E-state index in [4.69, 9.17) is 18.9 Å². The zero-order valence-electron chi connectivity index (χ0n) is 60.5. The Morgan fingerprint density at radius 1 is 0.341 bits per heavy atom. The number of carbonyl (C=O) groups excluding carboxylic acids is 3. The normalized spacial score (nSPS) is 13.1. The highest BCUT2D eigenvalue weighted by atomic mass is 16.7. The van der Waals surface area contributed by atoms with Crippen LogP contribution in [-0.2, 0) is 33.3 Å². The summed E-state index contributed by atoms with van der Waals surface area (Å²) >= 11 is 0. The predicted molar refractivity (Wildman–Crippen MR) is 389 cm³/mol. The van der Waals surface area contributed by atoms with Crippen molar-refractivity contribution in [1.29, 1.82) is 0 Å². The number of allylic oxidation sites excluding steroid dienone is 14. The standard InChI is InChI=1S/C82H147NO8/c1-6-8-10-12-14-16-18-20-22-24-26-28-30-32-34-35-36-37-38-39-40-41-42-43-44-45-47-49-51-53-55-57-59-61-63-65-67-69-71-73-80(85)91-78(77-90-82(81(86)87)88-75-74-83(3,4)5)76-89-79(84)72-70-68-66-64-62-60-58-56-54-52-50-48-46-33-31-29-27-25-23-21-19-17-15-13-11-9-7-2/h8,10,14,16,19-22,25-28,31,33,78,82H,6-7,9,11-13,15,17-18,23-24,29-30,32,34-77H2,1-5H3/b10-8-,16-14-,21-19-,22-20-,27-25-,28-26-,33-31-. The molecule has 0 heterocycles. The van der Waals surface area contributed by atoms with Crippen LogP contribution < -0.4 is 5.11 Å². The number of ether oxygens (including phenoxy) is 4. The van der Waals surface area contributed by atoms with E-state index in [1.807, 2.05) is 21.1 Å². The lowest BCUT2D eigenvalue weighted by Gasteiger charge is -2.26. The molecule has 91 heavy (non-hydrogen) atoms. The van der Waals surface area contributed by atoms with Crippen molar-refractivity contribution in [3.63, 3.8) is 0 Å². The Kier molecular flexibility index (Phi) is 69.5. The third kappa shape index (κ3) is 73.7. The molecule has 0 bridgehead atoms. The molecular formula is C82H147NO8. The second-order valence-electron chi connectivity index (χ2n) is 27.3. The van der Waals surface area contributed by atoms with Gasteiger partial charge >= 0.3 is 11.9 Å². The van der Waals surface area contributed by atoms with Gasteiger partial charge in [0.15, 0.2) is 12.4 Å². The van der Waals surface area contributed by atoms with Gasteiger partial charge in [0.1, 0.15) is 13.2 Å². The van der Waals surface area contributed by atoms with Gasteiger partial charge in [0, 0.05) is 12.8 Å². The first kappa shape index (κ1) is 87.5. The van der Waals surface area contributed by atoms with Gasteiger partial charge in [0.05, 0.1) is 40.3 Å². The van der Waals surface area contributed by atoms with Crippen LogP contribution in [0, 0.1) is 0 Å². The Bertz CT molecular complexity index is 1770. The Balaban J connectivity index is 3.99. The van der Waals surface area contributed by atoms with E-state index in [9.17, 15) is 19.5 Å². The van der Waals surface area contributed by atoms with Gasteiger partial charge in [-0.3, -0.25) is 9.59 Å². The molecule has 2 unspecified atom stereocenters. The summed E-state index contributed by atoms with van der Waals surface area (Å²) in [4.78, 5) is 37.6. The number of quaternary nitrogens is 1. The van der Waals surface area contributed by atoms with Crippen molar-refractivity contribution in [2.75, 3.05) is 47.5 Å². The molecule has 0 aromatic carbocycles. The van der Waals surface area contributed by atoms with Crippen molar-refractivity contribution in [3.8, 4) is 0 Å². The van der Waals surface area contributed by atoms with E-state index in [1.165, 1.54) is 257 Å². The minimum absolute atomic E-state index is 0.147. The lowest BCUT2D eigenvalue weighted by Crippen LogP contribution is -2.44. The van der Waals surface area contributed by atoms with Crippen LogP contribution in [0.25, 0.3) is 0 Å². The van der Waals surface area contributed by atoms with E-state index in [0.717, 1.165) is 70.6 Å². The summed E-state index contributed by atoms with van der Waals surface area (Å²) in [6.07, 6.45) is 95.5. The highest BCUT2D eigenvalue weighted by Gasteiger charge is 2.22. The molecule has 9 heteroatoms. The maximum atomic E-state index is 13.0. The third-order valence-corrected chi connectivity index (χ3v) is 17.1. The van der Waals surface area contributed by atoms with Crippen LogP contribution in [0.5, 0.6) is 0 Å². The molecule has 0 spiro atoms. The van der Waals surface area contributed by atoms with Crippen LogP contribution in [0.15, 0.2) is 85.1 Å². The summed E-state index contributed by atoms with van der Waals surface area (Å²) in [7, 11) is 5.94. The minimum atomic E-state index is -1.62. The number of nitrogens with zero attached hydrogens (tertiary/aromatic N) is 1. The summed E-state index contributed by atoms with van der Waals surface area (Å²) in [5, 5.41) is 11.8. The van der Waals surface area contributed by atoms with E-state index < -0.39 is 24.3 Å². The van der Waals surface area contributed by atoms with Crippen molar-refractivity contribution in [2.45, 2.75) is 373 Å². The lowest BCUT2D eigenvalue weighted by molar-refractivity contribution is -0.870. The Hall–Kier alpha value is -3.53. The van der Waals surface area contributed by atoms with Gasteiger partial charge in [0.2, 0.25) is 0 Å². The van der Waals surface area contributed by atoms with Gasteiger partial charge < -0.3 is 33.3 Å². The van der Waals surface area contributed by atoms with Crippen molar-refractivity contribution in [1.82, 2.24) is 0 Å². The van der Waals surface area contributed by atoms with Crippen LogP contribution in [-0.4, -0.2) is 82.3 Å². The summed E-state index contributed by atoms with van der Waals surface area (Å²) in [6.45, 7) is 4.67. The van der Waals surface area contributed by atoms with Crippen LogP contribution in [0.2, 0.25) is 0 Å². The number of aliphatic carboxylic acids is 1. The molecule has 0 rings (SSSR count). The highest BCUT2D eigenvalue weighted by Crippen LogP contribution is 2.19. The summed E-state index contributed by atoms with van der Waals surface area (Å²) in [5.41, 5.74) is 0. The van der Waals surface area contributed by atoms with Crippen LogP contribution in [0.4, 0.5) is 0 Å². The summed E-state index contributed by atoms with van der Waals surface area (Å²) in [5.74, 6) is -2.26. The first-order valence-electron chi connectivity index (χ1n) is 38.7.